The molecule has 1 N–H and O–H groups in total. The van der Waals surface area contributed by atoms with Gasteiger partial charge in [-0.2, -0.15) is 10.1 Å². The maximum Gasteiger partial charge on any atom is 0.247 e. The molecule has 4 rings (SSSR count). The van der Waals surface area contributed by atoms with Gasteiger partial charge in [0.25, 0.3) is 0 Å². The molecule has 1 fully saturated rings. The lowest BCUT2D eigenvalue weighted by Gasteiger charge is -2.34. The van der Waals surface area contributed by atoms with E-state index in [1.807, 2.05) is 6.07 Å². The van der Waals surface area contributed by atoms with Crippen molar-refractivity contribution in [1.82, 2.24) is 20.1 Å². The fourth-order valence-electron chi connectivity index (χ4n) is 3.46. The molecule has 0 aliphatic carbocycles. The molecule has 1 aromatic heterocycles. The van der Waals surface area contributed by atoms with Crippen LogP contribution in [0.4, 0.5) is 17.5 Å². The van der Waals surface area contributed by atoms with Gasteiger partial charge in [0.2, 0.25) is 5.95 Å². The number of nitrogens with one attached hydrogen (secondary N) is 1. The molecule has 0 spiro atoms. The number of hydrogen-bond donors (Lipinski definition) is 1. The molecule has 2 aromatic carbocycles. The van der Waals surface area contributed by atoms with Crippen LogP contribution in [0.5, 0.6) is 0 Å². The van der Waals surface area contributed by atoms with Crippen LogP contribution < -0.4 is 10.2 Å². The van der Waals surface area contributed by atoms with Crippen LogP contribution in [0.15, 0.2) is 54.7 Å². The van der Waals surface area contributed by atoms with Crippen molar-refractivity contribution < 1.29 is 0 Å². The summed E-state index contributed by atoms with van der Waals surface area (Å²) in [5.41, 5.74) is 4.88. The van der Waals surface area contributed by atoms with Crippen LogP contribution in [0.2, 0.25) is 0 Å². The van der Waals surface area contributed by atoms with E-state index in [2.05, 4.69) is 81.6 Å². The third-order valence-corrected chi connectivity index (χ3v) is 5.32. The Bertz CT molecular complexity index is 919. The van der Waals surface area contributed by atoms with Crippen molar-refractivity contribution in [2.75, 3.05) is 36.4 Å². The standard InChI is InChI=1S/C22H26N6/c1-17-7-6-10-20(18(17)2)24-21-15-23-26-22(25-21)28-13-11-27(12-14-28)16-19-8-4-3-5-9-19/h3-10,15H,11-14,16H2,1-2H3,(H,24,25,26). The van der Waals surface area contributed by atoms with Crippen molar-refractivity contribution in [2.24, 2.45) is 0 Å². The molecule has 0 atom stereocenters. The maximum absolute atomic E-state index is 4.69. The number of hydrogen-bond acceptors (Lipinski definition) is 6. The Morgan fingerprint density at radius 3 is 2.50 bits per heavy atom. The maximum atomic E-state index is 4.69. The first kappa shape index (κ1) is 18.4. The topological polar surface area (TPSA) is 57.2 Å². The molecule has 0 saturated carbocycles. The Labute approximate surface area is 166 Å². The summed E-state index contributed by atoms with van der Waals surface area (Å²) in [5.74, 6) is 1.42. The second-order valence-corrected chi connectivity index (χ2v) is 7.26. The zero-order chi connectivity index (χ0) is 19.3. The van der Waals surface area contributed by atoms with Crippen LogP contribution in [0.3, 0.4) is 0 Å². The van der Waals surface area contributed by atoms with Crippen molar-refractivity contribution >= 4 is 17.5 Å². The van der Waals surface area contributed by atoms with E-state index in [0.717, 1.165) is 44.2 Å². The van der Waals surface area contributed by atoms with E-state index >= 15 is 0 Å². The Balaban J connectivity index is 1.39. The highest BCUT2D eigenvalue weighted by molar-refractivity contribution is 5.62. The molecule has 1 aliphatic rings. The summed E-state index contributed by atoms with van der Waals surface area (Å²) in [6.45, 7) is 9.00. The van der Waals surface area contributed by atoms with Gasteiger partial charge in [-0.05, 0) is 36.6 Å². The van der Waals surface area contributed by atoms with Gasteiger partial charge in [0.15, 0.2) is 5.82 Å². The summed E-state index contributed by atoms with van der Waals surface area (Å²) in [4.78, 5) is 9.37. The second-order valence-electron chi connectivity index (χ2n) is 7.26. The molecule has 3 aromatic rings. The number of benzene rings is 2. The summed E-state index contributed by atoms with van der Waals surface area (Å²) in [6, 6.07) is 16.8. The van der Waals surface area contributed by atoms with Crippen molar-refractivity contribution in [1.29, 1.82) is 0 Å². The quantitative estimate of drug-likeness (QED) is 0.737. The molecule has 0 amide bonds. The molecule has 0 radical (unpaired) electrons. The SMILES string of the molecule is Cc1cccc(Nc2cnnc(N3CCN(Cc4ccccc4)CC3)n2)c1C. The molecule has 28 heavy (non-hydrogen) atoms. The Morgan fingerprint density at radius 1 is 0.929 bits per heavy atom. The van der Waals surface area contributed by atoms with Crippen molar-refractivity contribution in [2.45, 2.75) is 20.4 Å². The van der Waals surface area contributed by atoms with Gasteiger partial charge in [-0.15, -0.1) is 5.10 Å². The smallest absolute Gasteiger partial charge is 0.247 e. The van der Waals surface area contributed by atoms with Gasteiger partial charge >= 0.3 is 0 Å². The largest absolute Gasteiger partial charge is 0.339 e. The number of anilines is 3. The highest BCUT2D eigenvalue weighted by Gasteiger charge is 2.19. The molecule has 0 unspecified atom stereocenters. The highest BCUT2D eigenvalue weighted by Crippen LogP contribution is 2.22. The third kappa shape index (κ3) is 4.28. The number of aryl methyl sites for hydroxylation is 1. The first-order chi connectivity index (χ1) is 13.7. The average Bonchev–Trinajstić information content (AvgIpc) is 2.73. The molecule has 2 heterocycles. The minimum Gasteiger partial charge on any atom is -0.339 e. The molecule has 1 aliphatic heterocycles. The van der Waals surface area contributed by atoms with Crippen molar-refractivity contribution in [3.8, 4) is 0 Å². The van der Waals surface area contributed by atoms with E-state index in [0.29, 0.717) is 5.95 Å². The van der Waals surface area contributed by atoms with E-state index in [1.165, 1.54) is 16.7 Å². The Kier molecular flexibility index (Phi) is 5.48. The minimum atomic E-state index is 0.690. The van der Waals surface area contributed by atoms with Crippen LogP contribution in [-0.2, 0) is 6.54 Å². The lowest BCUT2D eigenvalue weighted by molar-refractivity contribution is 0.248. The van der Waals surface area contributed by atoms with E-state index in [1.54, 1.807) is 6.20 Å². The number of nitrogens with zero attached hydrogens (tertiary/aromatic N) is 5. The van der Waals surface area contributed by atoms with Crippen LogP contribution in [0.25, 0.3) is 0 Å². The number of aromatic nitrogens is 3. The molecule has 6 nitrogen and oxygen atoms in total. The van der Waals surface area contributed by atoms with E-state index in [-0.39, 0.29) is 0 Å². The zero-order valence-corrected chi connectivity index (χ0v) is 16.5. The predicted octanol–water partition coefficient (Wildman–Crippen LogP) is 3.55. The van der Waals surface area contributed by atoms with Gasteiger partial charge in [-0.25, -0.2) is 0 Å². The molecular formula is C22H26N6. The predicted molar refractivity (Wildman–Crippen MR) is 113 cm³/mol. The van der Waals surface area contributed by atoms with Crippen LogP contribution in [0, 0.1) is 13.8 Å². The Hall–Kier alpha value is -2.99. The summed E-state index contributed by atoms with van der Waals surface area (Å²) >= 11 is 0. The van der Waals surface area contributed by atoms with E-state index < -0.39 is 0 Å². The lowest BCUT2D eigenvalue weighted by Crippen LogP contribution is -2.46. The van der Waals surface area contributed by atoms with Crippen molar-refractivity contribution in [3.05, 3.63) is 71.4 Å². The monoisotopic (exact) mass is 374 g/mol. The molecule has 6 heteroatoms. The fourth-order valence-corrected chi connectivity index (χ4v) is 3.46. The first-order valence-corrected chi connectivity index (χ1v) is 9.73. The second kappa shape index (κ2) is 8.35. The van der Waals surface area contributed by atoms with Gasteiger partial charge < -0.3 is 10.2 Å². The van der Waals surface area contributed by atoms with Gasteiger partial charge in [0, 0.05) is 38.4 Å². The summed E-state index contributed by atoms with van der Waals surface area (Å²) in [7, 11) is 0. The van der Waals surface area contributed by atoms with Crippen LogP contribution >= 0.6 is 0 Å². The van der Waals surface area contributed by atoms with Gasteiger partial charge in [0.05, 0.1) is 6.20 Å². The number of piperazine rings is 1. The zero-order valence-electron chi connectivity index (χ0n) is 16.5. The van der Waals surface area contributed by atoms with Crippen molar-refractivity contribution in [3.63, 3.8) is 0 Å². The highest BCUT2D eigenvalue weighted by atomic mass is 15.4. The van der Waals surface area contributed by atoms with Gasteiger partial charge in [-0.3, -0.25) is 4.90 Å². The molecule has 144 valence electrons. The summed E-state index contributed by atoms with van der Waals surface area (Å²) in [5, 5.41) is 11.8. The average molecular weight is 374 g/mol. The summed E-state index contributed by atoms with van der Waals surface area (Å²) < 4.78 is 0. The summed E-state index contributed by atoms with van der Waals surface area (Å²) in [6.07, 6.45) is 1.68. The molecular weight excluding hydrogens is 348 g/mol. The Morgan fingerprint density at radius 2 is 1.71 bits per heavy atom. The lowest BCUT2D eigenvalue weighted by atomic mass is 10.1. The van der Waals surface area contributed by atoms with Gasteiger partial charge in [-0.1, -0.05) is 42.5 Å². The van der Waals surface area contributed by atoms with Crippen LogP contribution in [-0.4, -0.2) is 46.3 Å². The van der Waals surface area contributed by atoms with E-state index in [9.17, 15) is 0 Å². The molecule has 0 bridgehead atoms. The minimum absolute atomic E-state index is 0.690. The molecule has 1 saturated heterocycles. The van der Waals surface area contributed by atoms with E-state index in [4.69, 9.17) is 4.98 Å². The third-order valence-electron chi connectivity index (χ3n) is 5.32. The number of rotatable bonds is 5. The normalized spacial score (nSPS) is 14.9. The van der Waals surface area contributed by atoms with Gasteiger partial charge in [0.1, 0.15) is 0 Å². The van der Waals surface area contributed by atoms with Crippen LogP contribution in [0.1, 0.15) is 16.7 Å². The fraction of sp³-hybridized carbons (Fsp3) is 0.318. The first-order valence-electron chi connectivity index (χ1n) is 9.73.